The number of urea groups is 1. The van der Waals surface area contributed by atoms with Gasteiger partial charge in [-0.3, -0.25) is 19.4 Å². The monoisotopic (exact) mass is 507 g/mol. The highest BCUT2D eigenvalue weighted by molar-refractivity contribution is 6.07. The second-order valence-corrected chi connectivity index (χ2v) is 8.21. The van der Waals surface area contributed by atoms with Crippen LogP contribution in [0.25, 0.3) is 0 Å². The Morgan fingerprint density at radius 2 is 1.62 bits per heavy atom. The number of anilines is 1. The molecule has 0 spiro atoms. The molecule has 0 bridgehead atoms. The fraction of sp³-hybridized carbons (Fsp3) is 0.308. The highest BCUT2D eigenvalue weighted by Gasteiger charge is 2.33. The first kappa shape index (κ1) is 27.1. The molecule has 0 radical (unpaired) electrons. The van der Waals surface area contributed by atoms with Gasteiger partial charge >= 0.3 is 18.0 Å². The average molecular weight is 508 g/mol. The summed E-state index contributed by atoms with van der Waals surface area (Å²) >= 11 is 0. The van der Waals surface area contributed by atoms with Crippen LogP contribution in [0.5, 0.6) is 0 Å². The Bertz CT molecular complexity index is 1210. The standard InChI is InChI=1S/C26H29N5O6/c1-3-4-16-31(26(35)36)25(34)30(17-10-13-19-11-6-5-7-12-19)24(33)22-28-20(18-37-22)23(32)29(2)21-14-8-9-15-27-21/h5-9,11-12,14-15,18H,3-4,10,13,16-17H2,1-2H3,(H,35,36). The first-order valence-corrected chi connectivity index (χ1v) is 11.9. The minimum absolute atomic E-state index is 0.0582. The molecule has 0 saturated carbocycles. The molecule has 0 fully saturated rings. The van der Waals surface area contributed by atoms with Crippen molar-refractivity contribution in [2.24, 2.45) is 0 Å². The highest BCUT2D eigenvalue weighted by Crippen LogP contribution is 2.15. The van der Waals surface area contributed by atoms with Crippen molar-refractivity contribution in [3.05, 3.63) is 78.1 Å². The number of amides is 5. The Balaban J connectivity index is 1.81. The maximum absolute atomic E-state index is 13.3. The molecule has 11 heteroatoms. The third kappa shape index (κ3) is 7.00. The Morgan fingerprint density at radius 1 is 0.919 bits per heavy atom. The first-order chi connectivity index (χ1) is 17.8. The number of unbranched alkanes of at least 4 members (excludes halogenated alkanes) is 1. The Morgan fingerprint density at radius 3 is 2.27 bits per heavy atom. The smallest absolute Gasteiger partial charge is 0.415 e. The molecule has 0 atom stereocenters. The van der Waals surface area contributed by atoms with Crippen molar-refractivity contribution >= 4 is 29.8 Å². The van der Waals surface area contributed by atoms with Crippen molar-refractivity contribution in [2.45, 2.75) is 32.6 Å². The van der Waals surface area contributed by atoms with Crippen molar-refractivity contribution in [3.8, 4) is 0 Å². The summed E-state index contributed by atoms with van der Waals surface area (Å²) in [5.74, 6) is -1.63. The van der Waals surface area contributed by atoms with Crippen LogP contribution in [-0.4, -0.2) is 69.0 Å². The van der Waals surface area contributed by atoms with E-state index in [1.165, 1.54) is 18.1 Å². The SMILES string of the molecule is CCCCN(C(=O)O)C(=O)N(CCCc1ccccc1)C(=O)c1nc(C(=O)N(C)c2ccccn2)co1. The minimum Gasteiger partial charge on any atom is -0.465 e. The largest absolute Gasteiger partial charge is 0.465 e. The molecule has 1 aromatic carbocycles. The van der Waals surface area contributed by atoms with Crippen LogP contribution < -0.4 is 4.90 Å². The Kier molecular flexibility index (Phi) is 9.48. The summed E-state index contributed by atoms with van der Waals surface area (Å²) in [7, 11) is 1.50. The number of hydrogen-bond acceptors (Lipinski definition) is 7. The second kappa shape index (κ2) is 13.0. The lowest BCUT2D eigenvalue weighted by molar-refractivity contribution is 0.0716. The summed E-state index contributed by atoms with van der Waals surface area (Å²) in [6.07, 6.45) is 3.15. The number of imide groups is 2. The lowest BCUT2D eigenvalue weighted by Crippen LogP contribution is -2.49. The maximum atomic E-state index is 13.3. The number of benzene rings is 1. The number of oxazole rings is 1. The van der Waals surface area contributed by atoms with Crippen molar-refractivity contribution in [3.63, 3.8) is 0 Å². The number of rotatable bonds is 10. The van der Waals surface area contributed by atoms with Gasteiger partial charge in [0.25, 0.3) is 11.8 Å². The average Bonchev–Trinajstić information content (AvgIpc) is 3.41. The summed E-state index contributed by atoms with van der Waals surface area (Å²) in [6, 6.07) is 13.6. The van der Waals surface area contributed by atoms with Crippen LogP contribution in [0.4, 0.5) is 15.4 Å². The van der Waals surface area contributed by atoms with Crippen LogP contribution in [0.2, 0.25) is 0 Å². The number of aryl methyl sites for hydroxylation is 1. The molecule has 2 heterocycles. The Labute approximate surface area is 214 Å². The zero-order valence-corrected chi connectivity index (χ0v) is 20.7. The molecule has 37 heavy (non-hydrogen) atoms. The van der Waals surface area contributed by atoms with Crippen molar-refractivity contribution in [1.29, 1.82) is 0 Å². The minimum atomic E-state index is -1.46. The summed E-state index contributed by atoms with van der Waals surface area (Å²) in [6.45, 7) is 1.74. The van der Waals surface area contributed by atoms with Crippen LogP contribution in [0.1, 0.15) is 52.9 Å². The maximum Gasteiger partial charge on any atom is 0.415 e. The van der Waals surface area contributed by atoms with Crippen LogP contribution in [0.3, 0.4) is 0 Å². The van der Waals surface area contributed by atoms with Crippen molar-refractivity contribution in [2.75, 3.05) is 25.0 Å². The molecule has 0 aliphatic rings. The summed E-state index contributed by atoms with van der Waals surface area (Å²) in [5, 5.41) is 9.59. The Hall–Kier alpha value is -4.54. The van der Waals surface area contributed by atoms with E-state index in [9.17, 15) is 24.3 Å². The van der Waals surface area contributed by atoms with E-state index in [1.54, 1.807) is 18.2 Å². The molecule has 5 amide bonds. The molecule has 0 aliphatic heterocycles. The number of hydrogen-bond donors (Lipinski definition) is 1. The van der Waals surface area contributed by atoms with E-state index in [0.29, 0.717) is 36.4 Å². The number of carboxylic acid groups (broad SMARTS) is 1. The lowest BCUT2D eigenvalue weighted by Gasteiger charge is -2.25. The molecule has 0 aliphatic carbocycles. The molecule has 1 N–H and O–H groups in total. The van der Waals surface area contributed by atoms with Gasteiger partial charge in [-0.15, -0.1) is 0 Å². The van der Waals surface area contributed by atoms with E-state index in [1.807, 2.05) is 37.3 Å². The molecule has 2 aromatic heterocycles. The van der Waals surface area contributed by atoms with Crippen LogP contribution in [0.15, 0.2) is 65.4 Å². The van der Waals surface area contributed by atoms with Gasteiger partial charge in [-0.1, -0.05) is 49.7 Å². The molecular weight excluding hydrogens is 478 g/mol. The van der Waals surface area contributed by atoms with Gasteiger partial charge in [-0.2, -0.15) is 4.98 Å². The van der Waals surface area contributed by atoms with Gasteiger partial charge in [0.05, 0.1) is 0 Å². The summed E-state index contributed by atoms with van der Waals surface area (Å²) in [5.41, 5.74) is 0.847. The molecule has 11 nitrogen and oxygen atoms in total. The van der Waals surface area contributed by atoms with Gasteiger partial charge in [0.1, 0.15) is 12.1 Å². The van der Waals surface area contributed by atoms with Crippen LogP contribution >= 0.6 is 0 Å². The van der Waals surface area contributed by atoms with E-state index in [-0.39, 0.29) is 18.8 Å². The molecule has 0 saturated heterocycles. The van der Waals surface area contributed by atoms with E-state index < -0.39 is 29.8 Å². The number of nitrogens with zero attached hydrogens (tertiary/aromatic N) is 5. The lowest BCUT2D eigenvalue weighted by atomic mass is 10.1. The summed E-state index contributed by atoms with van der Waals surface area (Å²) in [4.78, 5) is 61.8. The molecule has 194 valence electrons. The van der Waals surface area contributed by atoms with Gasteiger partial charge in [-0.05, 0) is 37.0 Å². The fourth-order valence-corrected chi connectivity index (χ4v) is 3.52. The number of carbonyl (C=O) groups excluding carboxylic acids is 3. The zero-order chi connectivity index (χ0) is 26.8. The van der Waals surface area contributed by atoms with Gasteiger partial charge in [0.15, 0.2) is 5.69 Å². The molecular formula is C26H29N5O6. The van der Waals surface area contributed by atoms with Gasteiger partial charge in [0, 0.05) is 26.3 Å². The first-order valence-electron chi connectivity index (χ1n) is 11.9. The van der Waals surface area contributed by atoms with E-state index in [4.69, 9.17) is 4.42 Å². The normalized spacial score (nSPS) is 10.5. The van der Waals surface area contributed by atoms with Gasteiger partial charge < -0.3 is 9.52 Å². The van der Waals surface area contributed by atoms with E-state index in [2.05, 4.69) is 9.97 Å². The number of carbonyl (C=O) groups is 4. The van der Waals surface area contributed by atoms with Crippen LogP contribution in [0, 0.1) is 0 Å². The fourth-order valence-electron chi connectivity index (χ4n) is 3.52. The van der Waals surface area contributed by atoms with E-state index in [0.717, 1.165) is 16.7 Å². The van der Waals surface area contributed by atoms with Gasteiger partial charge in [0.2, 0.25) is 0 Å². The third-order valence-electron chi connectivity index (χ3n) is 5.57. The van der Waals surface area contributed by atoms with Gasteiger partial charge in [-0.25, -0.2) is 19.5 Å². The topological polar surface area (TPSA) is 137 Å². The molecule has 3 aromatic rings. The number of pyridine rings is 1. The molecule has 0 unspecified atom stereocenters. The third-order valence-corrected chi connectivity index (χ3v) is 5.57. The van der Waals surface area contributed by atoms with Crippen LogP contribution in [-0.2, 0) is 6.42 Å². The van der Waals surface area contributed by atoms with E-state index >= 15 is 0 Å². The number of aromatic nitrogens is 2. The van der Waals surface area contributed by atoms with Crippen molar-refractivity contribution < 1.29 is 28.7 Å². The molecule has 3 rings (SSSR count). The zero-order valence-electron chi connectivity index (χ0n) is 20.7. The quantitative estimate of drug-likeness (QED) is 0.428. The highest BCUT2D eigenvalue weighted by atomic mass is 16.4. The van der Waals surface area contributed by atoms with Crippen molar-refractivity contribution in [1.82, 2.24) is 19.8 Å². The predicted octanol–water partition coefficient (Wildman–Crippen LogP) is 4.32. The predicted molar refractivity (Wildman–Crippen MR) is 134 cm³/mol. The second-order valence-electron chi connectivity index (χ2n) is 8.21. The summed E-state index contributed by atoms with van der Waals surface area (Å²) < 4.78 is 5.26.